The quantitative estimate of drug-likeness (QED) is 0.725. The highest BCUT2D eigenvalue weighted by Gasteiger charge is 2.12. The molecule has 19 heavy (non-hydrogen) atoms. The molecule has 0 saturated carbocycles. The van der Waals surface area contributed by atoms with Gasteiger partial charge in [-0.25, -0.2) is 17.1 Å². The van der Waals surface area contributed by atoms with Crippen molar-refractivity contribution in [1.82, 2.24) is 14.6 Å². The fraction of sp³-hybridized carbons (Fsp3) is 0.583. The van der Waals surface area contributed by atoms with Gasteiger partial charge in [-0.05, 0) is 24.6 Å². The Bertz CT molecular complexity index is 494. The Labute approximate surface area is 113 Å². The molecule has 108 valence electrons. The van der Waals surface area contributed by atoms with Crippen molar-refractivity contribution in [1.29, 1.82) is 0 Å². The lowest BCUT2D eigenvalue weighted by Gasteiger charge is -2.17. The maximum absolute atomic E-state index is 12.9. The third-order valence-corrected chi connectivity index (χ3v) is 4.05. The van der Waals surface area contributed by atoms with Crippen molar-refractivity contribution in [2.45, 2.75) is 19.9 Å². The van der Waals surface area contributed by atoms with Crippen molar-refractivity contribution in [2.75, 3.05) is 25.9 Å². The second-order valence-corrected chi connectivity index (χ2v) is 6.28. The first-order valence-electron chi connectivity index (χ1n) is 6.18. The van der Waals surface area contributed by atoms with Crippen LogP contribution in [0.4, 0.5) is 4.39 Å². The van der Waals surface area contributed by atoms with Crippen LogP contribution in [0.3, 0.4) is 0 Å². The molecule has 0 aliphatic rings. The van der Waals surface area contributed by atoms with Crippen molar-refractivity contribution in [3.05, 3.63) is 29.8 Å². The van der Waals surface area contributed by atoms with Gasteiger partial charge in [0.1, 0.15) is 5.82 Å². The van der Waals surface area contributed by atoms with Crippen LogP contribution >= 0.6 is 0 Å². The van der Waals surface area contributed by atoms with Gasteiger partial charge in [0.25, 0.3) is 0 Å². The highest BCUT2D eigenvalue weighted by molar-refractivity contribution is 7.88. The van der Waals surface area contributed by atoms with Crippen LogP contribution in [-0.4, -0.2) is 43.6 Å². The van der Waals surface area contributed by atoms with E-state index in [0.29, 0.717) is 32.6 Å². The first-order valence-corrected chi connectivity index (χ1v) is 8.03. The molecule has 5 nitrogen and oxygen atoms in total. The van der Waals surface area contributed by atoms with Crippen LogP contribution in [0.15, 0.2) is 18.5 Å². The van der Waals surface area contributed by atoms with E-state index in [0.717, 1.165) is 11.8 Å². The Morgan fingerprint density at radius 1 is 1.42 bits per heavy atom. The van der Waals surface area contributed by atoms with E-state index in [2.05, 4.69) is 10.3 Å². The number of rotatable bonds is 8. The second-order valence-electron chi connectivity index (χ2n) is 4.30. The van der Waals surface area contributed by atoms with Gasteiger partial charge in [0.05, 0.1) is 12.5 Å². The van der Waals surface area contributed by atoms with Crippen LogP contribution in [0.1, 0.15) is 18.9 Å². The van der Waals surface area contributed by atoms with Gasteiger partial charge in [-0.3, -0.25) is 4.98 Å². The summed E-state index contributed by atoms with van der Waals surface area (Å²) >= 11 is 0. The highest BCUT2D eigenvalue weighted by atomic mass is 32.2. The highest BCUT2D eigenvalue weighted by Crippen LogP contribution is 2.01. The van der Waals surface area contributed by atoms with E-state index < -0.39 is 10.0 Å². The first kappa shape index (κ1) is 16.0. The molecular weight excluding hydrogens is 269 g/mol. The van der Waals surface area contributed by atoms with Crippen molar-refractivity contribution >= 4 is 10.0 Å². The molecule has 1 heterocycles. The van der Waals surface area contributed by atoms with Crippen LogP contribution in [0, 0.1) is 5.82 Å². The maximum atomic E-state index is 12.9. The van der Waals surface area contributed by atoms with Gasteiger partial charge in [-0.2, -0.15) is 0 Å². The molecule has 1 aromatic heterocycles. The minimum absolute atomic E-state index is 0.353. The number of hydrogen-bond acceptors (Lipinski definition) is 4. The summed E-state index contributed by atoms with van der Waals surface area (Å²) in [5, 5.41) is 3.13. The average Bonchev–Trinajstić information content (AvgIpc) is 2.32. The normalized spacial score (nSPS) is 12.0. The number of sulfonamides is 1. The summed E-state index contributed by atoms with van der Waals surface area (Å²) in [6.07, 6.45) is 4.69. The molecule has 0 aliphatic heterocycles. The lowest BCUT2D eigenvalue weighted by Crippen LogP contribution is -2.32. The number of nitrogens with zero attached hydrogens (tertiary/aromatic N) is 2. The molecule has 1 aromatic rings. The van der Waals surface area contributed by atoms with E-state index >= 15 is 0 Å². The van der Waals surface area contributed by atoms with Crippen molar-refractivity contribution in [3.8, 4) is 0 Å². The van der Waals surface area contributed by atoms with Gasteiger partial charge in [-0.15, -0.1) is 0 Å². The molecule has 0 unspecified atom stereocenters. The fourth-order valence-corrected chi connectivity index (χ4v) is 2.65. The van der Waals surface area contributed by atoms with E-state index in [4.69, 9.17) is 0 Å². The minimum Gasteiger partial charge on any atom is -0.313 e. The molecule has 1 N–H and O–H groups in total. The number of hydrogen-bond donors (Lipinski definition) is 1. The summed E-state index contributed by atoms with van der Waals surface area (Å²) in [6.45, 7) is 3.97. The Morgan fingerprint density at radius 2 is 2.16 bits per heavy atom. The molecule has 7 heteroatoms. The number of nitrogens with one attached hydrogen (secondary N) is 1. The van der Waals surface area contributed by atoms with Crippen LogP contribution in [0.5, 0.6) is 0 Å². The summed E-state index contributed by atoms with van der Waals surface area (Å²) in [5.41, 5.74) is 0.774. The van der Waals surface area contributed by atoms with E-state index in [-0.39, 0.29) is 5.82 Å². The largest absolute Gasteiger partial charge is 0.313 e. The topological polar surface area (TPSA) is 62.3 Å². The number of aromatic nitrogens is 1. The van der Waals surface area contributed by atoms with Crippen LogP contribution in [-0.2, 0) is 16.6 Å². The molecular formula is C12H20FN3O2S. The molecule has 0 bridgehead atoms. The lowest BCUT2D eigenvalue weighted by atomic mass is 10.3. The van der Waals surface area contributed by atoms with Gasteiger partial charge in [0.2, 0.25) is 10.0 Å². The van der Waals surface area contributed by atoms with E-state index in [1.165, 1.54) is 16.6 Å². The Kier molecular flexibility index (Phi) is 6.33. The summed E-state index contributed by atoms with van der Waals surface area (Å²) in [5.74, 6) is -0.353. The molecule has 0 radical (unpaired) electrons. The summed E-state index contributed by atoms with van der Waals surface area (Å²) in [7, 11) is -3.11. The van der Waals surface area contributed by atoms with Crippen molar-refractivity contribution < 1.29 is 12.8 Å². The zero-order chi connectivity index (χ0) is 14.3. The molecule has 0 saturated heterocycles. The van der Waals surface area contributed by atoms with Crippen LogP contribution in [0.2, 0.25) is 0 Å². The van der Waals surface area contributed by atoms with E-state index in [1.54, 1.807) is 6.20 Å². The predicted octanol–water partition coefficient (Wildman–Crippen LogP) is 0.982. The Balaban J connectivity index is 2.25. The minimum atomic E-state index is -3.11. The maximum Gasteiger partial charge on any atom is 0.211 e. The van der Waals surface area contributed by atoms with Gasteiger partial charge in [0, 0.05) is 25.8 Å². The zero-order valence-electron chi connectivity index (χ0n) is 11.3. The standard InChI is InChI=1S/C12H20FN3O2S/c1-3-16(19(2,17)18)6-4-5-14-8-11-7-12(13)10-15-9-11/h7,9-10,14H,3-6,8H2,1-2H3. The van der Waals surface area contributed by atoms with E-state index in [9.17, 15) is 12.8 Å². The fourth-order valence-electron chi connectivity index (χ4n) is 1.72. The SMILES string of the molecule is CCN(CCCNCc1cncc(F)c1)S(C)(=O)=O. The molecule has 1 rings (SSSR count). The summed E-state index contributed by atoms with van der Waals surface area (Å²) < 4.78 is 37.0. The summed E-state index contributed by atoms with van der Waals surface area (Å²) in [6, 6.07) is 1.43. The molecule has 0 aliphatic carbocycles. The second kappa shape index (κ2) is 7.52. The molecule has 0 atom stereocenters. The number of halogens is 1. The molecule has 0 fully saturated rings. The molecule has 0 spiro atoms. The predicted molar refractivity (Wildman–Crippen MR) is 72.6 cm³/mol. The van der Waals surface area contributed by atoms with E-state index in [1.807, 2.05) is 6.92 Å². The third-order valence-electron chi connectivity index (χ3n) is 2.67. The zero-order valence-corrected chi connectivity index (χ0v) is 12.1. The lowest BCUT2D eigenvalue weighted by molar-refractivity contribution is 0.419. The Hall–Kier alpha value is -1.05. The van der Waals surface area contributed by atoms with Gasteiger partial charge in [0.15, 0.2) is 0 Å². The summed E-state index contributed by atoms with van der Waals surface area (Å²) in [4.78, 5) is 3.75. The van der Waals surface area contributed by atoms with Crippen LogP contribution < -0.4 is 5.32 Å². The smallest absolute Gasteiger partial charge is 0.211 e. The third kappa shape index (κ3) is 6.09. The van der Waals surface area contributed by atoms with Crippen LogP contribution in [0.25, 0.3) is 0 Å². The monoisotopic (exact) mass is 289 g/mol. The van der Waals surface area contributed by atoms with Crippen molar-refractivity contribution in [2.24, 2.45) is 0 Å². The van der Waals surface area contributed by atoms with Crippen molar-refractivity contribution in [3.63, 3.8) is 0 Å². The van der Waals surface area contributed by atoms with Gasteiger partial charge < -0.3 is 5.32 Å². The Morgan fingerprint density at radius 3 is 2.74 bits per heavy atom. The van der Waals surface area contributed by atoms with Gasteiger partial charge in [-0.1, -0.05) is 6.92 Å². The van der Waals surface area contributed by atoms with Gasteiger partial charge >= 0.3 is 0 Å². The molecule has 0 aromatic carbocycles. The molecule has 0 amide bonds. The average molecular weight is 289 g/mol. The first-order chi connectivity index (χ1) is 8.93. The number of pyridine rings is 1.